The van der Waals surface area contributed by atoms with Crippen molar-refractivity contribution in [2.24, 2.45) is 0 Å². The van der Waals surface area contributed by atoms with Gasteiger partial charge in [0.15, 0.2) is 0 Å². The molecule has 0 saturated heterocycles. The molecule has 0 unspecified atom stereocenters. The van der Waals surface area contributed by atoms with Gasteiger partial charge in [-0.2, -0.15) is 0 Å². The number of amides is 1. The first-order valence-electron chi connectivity index (χ1n) is 6.66. The number of rotatable bonds is 11. The molecule has 96 valence electrons. The van der Waals surface area contributed by atoms with Crippen molar-refractivity contribution in [3.05, 3.63) is 0 Å². The number of hydrogen-bond acceptors (Lipinski definition) is 2. The molecule has 0 spiro atoms. The molecule has 0 rings (SSSR count). The molecule has 3 nitrogen and oxygen atoms in total. The van der Waals surface area contributed by atoms with E-state index >= 15 is 0 Å². The quantitative estimate of drug-likeness (QED) is 0.533. The first-order chi connectivity index (χ1) is 7.81. The lowest BCUT2D eigenvalue weighted by molar-refractivity contribution is -0.120. The van der Waals surface area contributed by atoms with Crippen molar-refractivity contribution in [3.8, 4) is 0 Å². The maximum absolute atomic E-state index is 10.9. The highest BCUT2D eigenvalue weighted by Gasteiger charge is 1.97. The average molecular weight is 228 g/mol. The Kier molecular flexibility index (Phi) is 12.1. The molecule has 0 atom stereocenters. The summed E-state index contributed by atoms with van der Waals surface area (Å²) in [6.45, 7) is 1.14. The predicted octanol–water partition coefficient (Wildman–Crippen LogP) is 2.46. The zero-order valence-electron chi connectivity index (χ0n) is 11.0. The molecule has 0 radical (unpaired) electrons. The predicted molar refractivity (Wildman–Crippen MR) is 69.5 cm³/mol. The molecule has 0 aromatic carbocycles. The van der Waals surface area contributed by atoms with Gasteiger partial charge < -0.3 is 10.6 Å². The van der Waals surface area contributed by atoms with Gasteiger partial charge in [0.2, 0.25) is 5.91 Å². The Morgan fingerprint density at radius 3 is 1.81 bits per heavy atom. The van der Waals surface area contributed by atoms with E-state index in [1.54, 1.807) is 7.05 Å². The van der Waals surface area contributed by atoms with Crippen LogP contribution in [0.3, 0.4) is 0 Å². The fourth-order valence-corrected chi connectivity index (χ4v) is 1.77. The zero-order chi connectivity index (χ0) is 12.1. The molecular formula is C13H28N2O. The summed E-state index contributed by atoms with van der Waals surface area (Å²) >= 11 is 0. The lowest BCUT2D eigenvalue weighted by Gasteiger charge is -2.02. The van der Waals surface area contributed by atoms with E-state index in [9.17, 15) is 4.79 Å². The maximum atomic E-state index is 10.9. The van der Waals surface area contributed by atoms with Gasteiger partial charge in [0.1, 0.15) is 0 Å². The number of nitrogens with one attached hydrogen (secondary N) is 2. The van der Waals surface area contributed by atoms with Gasteiger partial charge in [-0.25, -0.2) is 0 Å². The van der Waals surface area contributed by atoms with E-state index in [1.807, 2.05) is 7.05 Å². The van der Waals surface area contributed by atoms with Crippen molar-refractivity contribution in [3.63, 3.8) is 0 Å². The summed E-state index contributed by atoms with van der Waals surface area (Å²) in [5.41, 5.74) is 0. The van der Waals surface area contributed by atoms with Crippen LogP contribution in [0.5, 0.6) is 0 Å². The summed E-state index contributed by atoms with van der Waals surface area (Å²) in [5, 5.41) is 5.82. The smallest absolute Gasteiger partial charge is 0.219 e. The molecule has 16 heavy (non-hydrogen) atoms. The minimum Gasteiger partial charge on any atom is -0.359 e. The number of carbonyl (C=O) groups excluding carboxylic acids is 1. The van der Waals surface area contributed by atoms with E-state index < -0.39 is 0 Å². The molecule has 0 aliphatic carbocycles. The van der Waals surface area contributed by atoms with Gasteiger partial charge in [-0.1, -0.05) is 38.5 Å². The first kappa shape index (κ1) is 15.4. The van der Waals surface area contributed by atoms with Crippen LogP contribution in [0.25, 0.3) is 0 Å². The Bertz CT molecular complexity index is 160. The standard InChI is InChI=1S/C13H28N2O/c1-14-12-10-8-6-4-3-5-7-9-11-13(16)15-2/h14H,3-12H2,1-2H3,(H,15,16). The second-order valence-corrected chi connectivity index (χ2v) is 4.36. The normalized spacial score (nSPS) is 10.4. The van der Waals surface area contributed by atoms with Crippen LogP contribution in [0.15, 0.2) is 0 Å². The highest BCUT2D eigenvalue weighted by Crippen LogP contribution is 2.09. The molecule has 0 heterocycles. The van der Waals surface area contributed by atoms with Crippen molar-refractivity contribution >= 4 is 5.91 Å². The molecule has 0 aliphatic rings. The first-order valence-corrected chi connectivity index (χ1v) is 6.66. The summed E-state index contributed by atoms with van der Waals surface area (Å²) in [6.07, 6.45) is 10.9. The van der Waals surface area contributed by atoms with E-state index in [1.165, 1.54) is 44.9 Å². The highest BCUT2D eigenvalue weighted by molar-refractivity contribution is 5.75. The second-order valence-electron chi connectivity index (χ2n) is 4.36. The minimum absolute atomic E-state index is 0.173. The molecule has 0 aromatic rings. The van der Waals surface area contributed by atoms with Crippen LogP contribution in [0.4, 0.5) is 0 Å². The van der Waals surface area contributed by atoms with Crippen LogP contribution in [-0.4, -0.2) is 26.5 Å². The van der Waals surface area contributed by atoms with Gasteiger partial charge in [0, 0.05) is 13.5 Å². The average Bonchev–Trinajstić information content (AvgIpc) is 2.31. The number of hydrogen-bond donors (Lipinski definition) is 2. The number of unbranched alkanes of at least 4 members (excludes halogenated alkanes) is 7. The Morgan fingerprint density at radius 2 is 1.31 bits per heavy atom. The van der Waals surface area contributed by atoms with Crippen molar-refractivity contribution in [1.82, 2.24) is 10.6 Å². The van der Waals surface area contributed by atoms with E-state index in [0.29, 0.717) is 6.42 Å². The summed E-state index contributed by atoms with van der Waals surface area (Å²) in [5.74, 6) is 0.173. The van der Waals surface area contributed by atoms with Gasteiger partial charge in [0.05, 0.1) is 0 Å². The Morgan fingerprint density at radius 1 is 0.812 bits per heavy atom. The molecule has 1 amide bonds. The Balaban J connectivity index is 2.96. The monoisotopic (exact) mass is 228 g/mol. The van der Waals surface area contributed by atoms with Crippen LogP contribution < -0.4 is 10.6 Å². The third-order valence-electron chi connectivity index (χ3n) is 2.86. The highest BCUT2D eigenvalue weighted by atomic mass is 16.1. The molecule has 0 aromatic heterocycles. The van der Waals surface area contributed by atoms with Crippen molar-refractivity contribution in [2.45, 2.75) is 57.8 Å². The van der Waals surface area contributed by atoms with Gasteiger partial charge in [-0.05, 0) is 26.4 Å². The third-order valence-corrected chi connectivity index (χ3v) is 2.86. The maximum Gasteiger partial charge on any atom is 0.219 e. The van der Waals surface area contributed by atoms with E-state index in [2.05, 4.69) is 10.6 Å². The molecular weight excluding hydrogens is 200 g/mol. The molecule has 2 N–H and O–H groups in total. The van der Waals surface area contributed by atoms with Crippen LogP contribution in [0.1, 0.15) is 57.8 Å². The summed E-state index contributed by atoms with van der Waals surface area (Å²) in [4.78, 5) is 10.9. The minimum atomic E-state index is 0.173. The summed E-state index contributed by atoms with van der Waals surface area (Å²) < 4.78 is 0. The second kappa shape index (κ2) is 12.5. The summed E-state index contributed by atoms with van der Waals surface area (Å²) in [6, 6.07) is 0. The SMILES string of the molecule is CNCCCCCCCCCCC(=O)NC. The van der Waals surface area contributed by atoms with Crippen LogP contribution >= 0.6 is 0 Å². The topological polar surface area (TPSA) is 41.1 Å². The fourth-order valence-electron chi connectivity index (χ4n) is 1.77. The van der Waals surface area contributed by atoms with Crippen molar-refractivity contribution < 1.29 is 4.79 Å². The van der Waals surface area contributed by atoms with E-state index in [0.717, 1.165) is 13.0 Å². The van der Waals surface area contributed by atoms with Gasteiger partial charge in [-0.15, -0.1) is 0 Å². The van der Waals surface area contributed by atoms with E-state index in [-0.39, 0.29) is 5.91 Å². The molecule has 3 heteroatoms. The van der Waals surface area contributed by atoms with E-state index in [4.69, 9.17) is 0 Å². The molecule has 0 aliphatic heterocycles. The van der Waals surface area contributed by atoms with Gasteiger partial charge in [0.25, 0.3) is 0 Å². The lowest BCUT2D eigenvalue weighted by Crippen LogP contribution is -2.16. The van der Waals surface area contributed by atoms with Crippen molar-refractivity contribution in [2.75, 3.05) is 20.6 Å². The molecule has 0 fully saturated rings. The van der Waals surface area contributed by atoms with Crippen LogP contribution in [0.2, 0.25) is 0 Å². The Hall–Kier alpha value is -0.570. The lowest BCUT2D eigenvalue weighted by atomic mass is 10.1. The molecule has 0 saturated carbocycles. The fraction of sp³-hybridized carbons (Fsp3) is 0.923. The summed E-state index contributed by atoms with van der Waals surface area (Å²) in [7, 11) is 3.71. The van der Waals surface area contributed by atoms with Gasteiger partial charge >= 0.3 is 0 Å². The Labute approximate surface area is 100 Å². The largest absolute Gasteiger partial charge is 0.359 e. The van der Waals surface area contributed by atoms with Crippen LogP contribution in [0, 0.1) is 0 Å². The van der Waals surface area contributed by atoms with Crippen molar-refractivity contribution in [1.29, 1.82) is 0 Å². The zero-order valence-corrected chi connectivity index (χ0v) is 11.0. The number of carbonyl (C=O) groups is 1. The van der Waals surface area contributed by atoms with Crippen LogP contribution in [-0.2, 0) is 4.79 Å². The van der Waals surface area contributed by atoms with Gasteiger partial charge in [-0.3, -0.25) is 4.79 Å². The molecule has 0 bridgehead atoms. The third kappa shape index (κ3) is 11.5.